The number of aromatic amines is 1. The molecule has 0 aliphatic heterocycles. The summed E-state index contributed by atoms with van der Waals surface area (Å²) >= 11 is 4.90. The fourth-order valence-electron chi connectivity index (χ4n) is 0.530. The van der Waals surface area contributed by atoms with Crippen molar-refractivity contribution < 1.29 is 0 Å². The van der Waals surface area contributed by atoms with E-state index in [0.29, 0.717) is 17.4 Å². The van der Waals surface area contributed by atoms with Gasteiger partial charge in [0.1, 0.15) is 11.3 Å². The Labute approximate surface area is 69.4 Å². The highest BCUT2D eigenvalue weighted by atomic mass is 32.1. The Hall–Kier alpha value is -1.41. The van der Waals surface area contributed by atoms with E-state index in [1.807, 2.05) is 0 Å². The van der Waals surface area contributed by atoms with Crippen molar-refractivity contribution in [2.45, 2.75) is 0 Å². The summed E-state index contributed by atoms with van der Waals surface area (Å²) < 4.78 is 0. The number of thiocarbonyl (C=S) groups is 1. The number of nitrogens with zero attached hydrogens (tertiary/aromatic N) is 2. The molecule has 2 N–H and O–H groups in total. The Bertz CT molecular complexity index is 271. The van der Waals surface area contributed by atoms with Gasteiger partial charge in [0.15, 0.2) is 5.82 Å². The van der Waals surface area contributed by atoms with Gasteiger partial charge in [0.2, 0.25) is 0 Å². The SMILES string of the molecule is C#CCNC(=S)c1ncn[nH]1. The Morgan fingerprint density at radius 1 is 1.91 bits per heavy atom. The van der Waals surface area contributed by atoms with Crippen LogP contribution in [0.3, 0.4) is 0 Å². The van der Waals surface area contributed by atoms with E-state index in [2.05, 4.69) is 26.4 Å². The molecule has 5 heteroatoms. The van der Waals surface area contributed by atoms with Gasteiger partial charge in [-0.2, -0.15) is 5.10 Å². The van der Waals surface area contributed by atoms with Crippen LogP contribution in [0.1, 0.15) is 5.82 Å². The molecule has 0 amide bonds. The topological polar surface area (TPSA) is 53.6 Å². The molecular formula is C6H6N4S. The van der Waals surface area contributed by atoms with Crippen LogP contribution in [-0.4, -0.2) is 26.7 Å². The van der Waals surface area contributed by atoms with Crippen LogP contribution in [0.2, 0.25) is 0 Å². The molecule has 0 unspecified atom stereocenters. The highest BCUT2D eigenvalue weighted by molar-refractivity contribution is 7.80. The minimum Gasteiger partial charge on any atom is -0.362 e. The van der Waals surface area contributed by atoms with E-state index in [4.69, 9.17) is 18.6 Å². The van der Waals surface area contributed by atoms with Gasteiger partial charge in [0.05, 0.1) is 6.54 Å². The molecule has 0 fully saturated rings. The summed E-state index contributed by atoms with van der Waals surface area (Å²) in [5.41, 5.74) is 0. The first-order valence-corrected chi connectivity index (χ1v) is 3.32. The van der Waals surface area contributed by atoms with Crippen LogP contribution in [-0.2, 0) is 0 Å². The molecule has 11 heavy (non-hydrogen) atoms. The Balaban J connectivity index is 2.51. The lowest BCUT2D eigenvalue weighted by atomic mass is 10.5. The smallest absolute Gasteiger partial charge is 0.183 e. The molecule has 0 saturated heterocycles. The lowest BCUT2D eigenvalue weighted by Crippen LogP contribution is -2.23. The van der Waals surface area contributed by atoms with Gasteiger partial charge in [0.25, 0.3) is 0 Å². The molecule has 1 heterocycles. The van der Waals surface area contributed by atoms with Crippen LogP contribution in [0.15, 0.2) is 6.33 Å². The number of hydrogen-bond donors (Lipinski definition) is 2. The molecule has 1 rings (SSSR count). The summed E-state index contributed by atoms with van der Waals surface area (Å²) in [6, 6.07) is 0. The fraction of sp³-hybridized carbons (Fsp3) is 0.167. The van der Waals surface area contributed by atoms with Gasteiger partial charge in [-0.1, -0.05) is 18.1 Å². The first-order valence-electron chi connectivity index (χ1n) is 2.91. The third-order valence-electron chi connectivity index (χ3n) is 0.981. The summed E-state index contributed by atoms with van der Waals surface area (Å²) in [7, 11) is 0. The molecular weight excluding hydrogens is 160 g/mol. The minimum atomic E-state index is 0.402. The lowest BCUT2D eigenvalue weighted by Gasteiger charge is -1.98. The molecule has 4 nitrogen and oxygen atoms in total. The number of nitrogens with one attached hydrogen (secondary N) is 2. The average Bonchev–Trinajstić information content (AvgIpc) is 2.52. The van der Waals surface area contributed by atoms with Crippen LogP contribution in [0, 0.1) is 12.3 Å². The van der Waals surface area contributed by atoms with Crippen LogP contribution < -0.4 is 5.32 Å². The molecule has 0 aliphatic rings. The van der Waals surface area contributed by atoms with Crippen molar-refractivity contribution in [3.05, 3.63) is 12.2 Å². The summed E-state index contributed by atoms with van der Waals surface area (Å²) in [5, 5.41) is 9.04. The van der Waals surface area contributed by atoms with Crippen molar-refractivity contribution in [2.75, 3.05) is 6.54 Å². The van der Waals surface area contributed by atoms with Crippen molar-refractivity contribution >= 4 is 17.2 Å². The maximum absolute atomic E-state index is 5.01. The standard InChI is InChI=1S/C6H6N4S/c1-2-3-7-6(11)5-8-4-9-10-5/h1,4H,3H2,(H,7,11)(H,8,9,10). The Morgan fingerprint density at radius 2 is 2.73 bits per heavy atom. The van der Waals surface area contributed by atoms with Crippen molar-refractivity contribution in [1.29, 1.82) is 0 Å². The van der Waals surface area contributed by atoms with Gasteiger partial charge >= 0.3 is 0 Å². The minimum absolute atomic E-state index is 0.402. The number of terminal acetylenes is 1. The van der Waals surface area contributed by atoms with Crippen molar-refractivity contribution in [3.63, 3.8) is 0 Å². The molecule has 1 aromatic heterocycles. The van der Waals surface area contributed by atoms with E-state index in [1.165, 1.54) is 6.33 Å². The van der Waals surface area contributed by atoms with Gasteiger partial charge in [-0.05, 0) is 0 Å². The third kappa shape index (κ3) is 2.02. The van der Waals surface area contributed by atoms with E-state index in [9.17, 15) is 0 Å². The molecule has 0 aliphatic carbocycles. The second kappa shape index (κ2) is 3.68. The Morgan fingerprint density at radius 3 is 3.27 bits per heavy atom. The van der Waals surface area contributed by atoms with Gasteiger partial charge in [-0.3, -0.25) is 5.10 Å². The van der Waals surface area contributed by atoms with Crippen molar-refractivity contribution in [1.82, 2.24) is 20.5 Å². The first-order chi connectivity index (χ1) is 5.34. The molecule has 0 bridgehead atoms. The summed E-state index contributed by atoms with van der Waals surface area (Å²) in [6.45, 7) is 0.402. The number of aromatic nitrogens is 3. The lowest BCUT2D eigenvalue weighted by molar-refractivity contribution is 1.03. The molecule has 0 radical (unpaired) electrons. The maximum Gasteiger partial charge on any atom is 0.183 e. The molecule has 0 spiro atoms. The summed E-state index contributed by atoms with van der Waals surface area (Å²) in [5.74, 6) is 2.94. The zero-order valence-corrected chi connectivity index (χ0v) is 6.48. The predicted octanol–water partition coefficient (Wildman–Crippen LogP) is -0.297. The highest BCUT2D eigenvalue weighted by Gasteiger charge is 2.00. The van der Waals surface area contributed by atoms with Crippen LogP contribution in [0.4, 0.5) is 0 Å². The van der Waals surface area contributed by atoms with E-state index < -0.39 is 0 Å². The van der Waals surface area contributed by atoms with Crippen LogP contribution in [0.5, 0.6) is 0 Å². The molecule has 56 valence electrons. The zero-order valence-electron chi connectivity index (χ0n) is 5.66. The summed E-state index contributed by atoms with van der Waals surface area (Å²) in [6.07, 6.45) is 6.40. The maximum atomic E-state index is 5.01. The van der Waals surface area contributed by atoms with Crippen LogP contribution in [0.25, 0.3) is 0 Å². The van der Waals surface area contributed by atoms with Gasteiger partial charge in [0, 0.05) is 0 Å². The predicted molar refractivity (Wildman–Crippen MR) is 44.9 cm³/mol. The number of H-pyrrole nitrogens is 1. The van der Waals surface area contributed by atoms with Gasteiger partial charge in [-0.15, -0.1) is 6.42 Å². The molecule has 0 atom stereocenters. The monoisotopic (exact) mass is 166 g/mol. The quantitative estimate of drug-likeness (QED) is 0.468. The normalized spacial score (nSPS) is 8.64. The third-order valence-corrected chi connectivity index (χ3v) is 1.32. The van der Waals surface area contributed by atoms with Gasteiger partial charge < -0.3 is 5.32 Å². The van der Waals surface area contributed by atoms with Crippen molar-refractivity contribution in [3.8, 4) is 12.3 Å². The highest BCUT2D eigenvalue weighted by Crippen LogP contribution is 1.85. The fourth-order valence-corrected chi connectivity index (χ4v) is 0.700. The van der Waals surface area contributed by atoms with Crippen LogP contribution >= 0.6 is 12.2 Å². The van der Waals surface area contributed by atoms with E-state index in [-0.39, 0.29) is 0 Å². The van der Waals surface area contributed by atoms with Crippen molar-refractivity contribution in [2.24, 2.45) is 0 Å². The Kier molecular flexibility index (Phi) is 2.58. The number of hydrogen-bond acceptors (Lipinski definition) is 3. The largest absolute Gasteiger partial charge is 0.362 e. The van der Waals surface area contributed by atoms with E-state index in [1.54, 1.807) is 0 Å². The second-order valence-electron chi connectivity index (χ2n) is 1.72. The zero-order chi connectivity index (χ0) is 8.10. The second-order valence-corrected chi connectivity index (χ2v) is 2.13. The van der Waals surface area contributed by atoms with E-state index in [0.717, 1.165) is 0 Å². The summed E-state index contributed by atoms with van der Waals surface area (Å²) in [4.78, 5) is 4.32. The number of rotatable bonds is 2. The first kappa shape index (κ1) is 7.69. The average molecular weight is 166 g/mol. The van der Waals surface area contributed by atoms with E-state index >= 15 is 0 Å². The van der Waals surface area contributed by atoms with Gasteiger partial charge in [-0.25, -0.2) is 4.98 Å². The molecule has 0 aromatic carbocycles. The molecule has 0 saturated carbocycles. The molecule has 1 aromatic rings.